The Labute approximate surface area is 116 Å². The normalized spacial score (nSPS) is 10.5. The molecular formula is C18H23N. The first kappa shape index (κ1) is 13.7. The molecule has 1 heteroatoms. The Morgan fingerprint density at radius 2 is 1.68 bits per heavy atom. The fourth-order valence-corrected chi connectivity index (χ4v) is 2.52. The van der Waals surface area contributed by atoms with E-state index in [1.165, 1.54) is 28.8 Å². The van der Waals surface area contributed by atoms with E-state index in [9.17, 15) is 0 Å². The lowest BCUT2D eigenvalue weighted by molar-refractivity contribution is 0.784. The van der Waals surface area contributed by atoms with Gasteiger partial charge in [0.05, 0.1) is 0 Å². The Kier molecular flexibility index (Phi) is 4.62. The van der Waals surface area contributed by atoms with Gasteiger partial charge >= 0.3 is 0 Å². The molecule has 0 bridgehead atoms. The second-order valence-electron chi connectivity index (χ2n) is 5.30. The molecule has 0 atom stereocenters. The van der Waals surface area contributed by atoms with Crippen LogP contribution in [0.25, 0.3) is 0 Å². The maximum Gasteiger partial charge on any atom is 0.0393 e. The van der Waals surface area contributed by atoms with E-state index in [1.807, 2.05) is 0 Å². The molecule has 0 aliphatic carbocycles. The number of benzene rings is 2. The summed E-state index contributed by atoms with van der Waals surface area (Å²) >= 11 is 0. The van der Waals surface area contributed by atoms with Crippen molar-refractivity contribution >= 4 is 5.69 Å². The highest BCUT2D eigenvalue weighted by atomic mass is 15.1. The van der Waals surface area contributed by atoms with Gasteiger partial charge in [0, 0.05) is 19.3 Å². The third kappa shape index (κ3) is 3.85. The van der Waals surface area contributed by atoms with Gasteiger partial charge in [0.1, 0.15) is 0 Å². The molecule has 0 fully saturated rings. The summed E-state index contributed by atoms with van der Waals surface area (Å²) in [5.74, 6) is 0. The summed E-state index contributed by atoms with van der Waals surface area (Å²) in [6.07, 6.45) is 2.34. The van der Waals surface area contributed by atoms with Crippen LogP contribution in [0.2, 0.25) is 0 Å². The van der Waals surface area contributed by atoms with E-state index >= 15 is 0 Å². The van der Waals surface area contributed by atoms with Crippen LogP contribution in [-0.2, 0) is 6.42 Å². The molecule has 0 saturated heterocycles. The molecule has 19 heavy (non-hydrogen) atoms. The van der Waals surface area contributed by atoms with Gasteiger partial charge in [-0.1, -0.05) is 48.0 Å². The van der Waals surface area contributed by atoms with E-state index in [0.29, 0.717) is 0 Å². The average Bonchev–Trinajstić information content (AvgIpc) is 2.39. The fraction of sp³-hybridized carbons (Fsp3) is 0.333. The van der Waals surface area contributed by atoms with Crippen LogP contribution in [0.1, 0.15) is 23.1 Å². The number of nitrogens with zero attached hydrogens (tertiary/aromatic N) is 1. The summed E-state index contributed by atoms with van der Waals surface area (Å²) in [5, 5.41) is 0. The predicted molar refractivity (Wildman–Crippen MR) is 83.9 cm³/mol. The van der Waals surface area contributed by atoms with Crippen molar-refractivity contribution in [3.05, 3.63) is 65.2 Å². The number of hydrogen-bond acceptors (Lipinski definition) is 1. The number of anilines is 1. The second-order valence-corrected chi connectivity index (χ2v) is 5.30. The molecule has 0 amide bonds. The molecule has 0 unspecified atom stereocenters. The molecule has 0 spiro atoms. The van der Waals surface area contributed by atoms with Gasteiger partial charge in [0.25, 0.3) is 0 Å². The first-order valence-electron chi connectivity index (χ1n) is 6.99. The van der Waals surface area contributed by atoms with Crippen molar-refractivity contribution in [1.82, 2.24) is 0 Å². The lowest BCUT2D eigenvalue weighted by Gasteiger charge is -2.21. The topological polar surface area (TPSA) is 3.24 Å². The Bertz CT molecular complexity index is 516. The average molecular weight is 253 g/mol. The van der Waals surface area contributed by atoms with E-state index in [2.05, 4.69) is 74.3 Å². The zero-order valence-electron chi connectivity index (χ0n) is 12.2. The van der Waals surface area contributed by atoms with E-state index in [-0.39, 0.29) is 0 Å². The van der Waals surface area contributed by atoms with Gasteiger partial charge in [0.2, 0.25) is 0 Å². The molecule has 0 aliphatic rings. The van der Waals surface area contributed by atoms with Gasteiger partial charge in [0.15, 0.2) is 0 Å². The lowest BCUT2D eigenvalue weighted by Crippen LogP contribution is -2.19. The molecule has 100 valence electrons. The quantitative estimate of drug-likeness (QED) is 0.764. The van der Waals surface area contributed by atoms with Crippen LogP contribution in [0.5, 0.6) is 0 Å². The standard InChI is InChI=1S/C18H23N/c1-15-11-12-18(16(2)14-15)19(3)13-7-10-17-8-5-4-6-9-17/h4-6,8-9,11-12,14H,7,10,13H2,1-3H3. The number of rotatable bonds is 5. The van der Waals surface area contributed by atoms with Gasteiger partial charge in [-0.2, -0.15) is 0 Å². The molecule has 2 aromatic carbocycles. The van der Waals surface area contributed by atoms with E-state index < -0.39 is 0 Å². The van der Waals surface area contributed by atoms with Crippen LogP contribution < -0.4 is 4.90 Å². The highest BCUT2D eigenvalue weighted by Crippen LogP contribution is 2.20. The van der Waals surface area contributed by atoms with Crippen molar-refractivity contribution in [2.24, 2.45) is 0 Å². The summed E-state index contributed by atoms with van der Waals surface area (Å²) in [4.78, 5) is 2.36. The Morgan fingerprint density at radius 1 is 0.947 bits per heavy atom. The van der Waals surface area contributed by atoms with Gasteiger partial charge in [-0.05, 0) is 43.9 Å². The Morgan fingerprint density at radius 3 is 2.37 bits per heavy atom. The first-order chi connectivity index (χ1) is 9.16. The smallest absolute Gasteiger partial charge is 0.0393 e. The molecular weight excluding hydrogens is 230 g/mol. The van der Waals surface area contributed by atoms with Crippen molar-refractivity contribution in [3.8, 4) is 0 Å². The summed E-state index contributed by atoms with van der Waals surface area (Å²) in [5.41, 5.74) is 5.47. The highest BCUT2D eigenvalue weighted by molar-refractivity contribution is 5.53. The SMILES string of the molecule is Cc1ccc(N(C)CCCc2ccccc2)c(C)c1. The van der Waals surface area contributed by atoms with E-state index in [4.69, 9.17) is 0 Å². The van der Waals surface area contributed by atoms with Crippen molar-refractivity contribution in [3.63, 3.8) is 0 Å². The lowest BCUT2D eigenvalue weighted by atomic mass is 10.1. The summed E-state index contributed by atoms with van der Waals surface area (Å²) in [6, 6.07) is 17.4. The maximum absolute atomic E-state index is 2.36. The first-order valence-corrected chi connectivity index (χ1v) is 6.99. The molecule has 0 aliphatic heterocycles. The predicted octanol–water partition coefficient (Wildman–Crippen LogP) is 4.37. The molecule has 0 aromatic heterocycles. The van der Waals surface area contributed by atoms with Crippen molar-refractivity contribution in [2.45, 2.75) is 26.7 Å². The summed E-state index contributed by atoms with van der Waals surface area (Å²) in [7, 11) is 2.18. The maximum atomic E-state index is 2.36. The third-order valence-corrected chi connectivity index (χ3v) is 3.57. The molecule has 1 nitrogen and oxygen atoms in total. The number of hydrogen-bond donors (Lipinski definition) is 0. The fourth-order valence-electron chi connectivity index (χ4n) is 2.52. The van der Waals surface area contributed by atoms with Crippen LogP contribution >= 0.6 is 0 Å². The van der Waals surface area contributed by atoms with Crippen LogP contribution in [0.4, 0.5) is 5.69 Å². The zero-order valence-corrected chi connectivity index (χ0v) is 12.2. The summed E-state index contributed by atoms with van der Waals surface area (Å²) < 4.78 is 0. The number of aryl methyl sites for hydroxylation is 3. The minimum Gasteiger partial charge on any atom is -0.374 e. The Balaban J connectivity index is 1.89. The summed E-state index contributed by atoms with van der Waals surface area (Å²) in [6.45, 7) is 5.43. The van der Waals surface area contributed by atoms with Gasteiger partial charge < -0.3 is 4.90 Å². The molecule has 0 N–H and O–H groups in total. The second kappa shape index (κ2) is 6.42. The van der Waals surface area contributed by atoms with E-state index in [1.54, 1.807) is 0 Å². The van der Waals surface area contributed by atoms with Crippen molar-refractivity contribution < 1.29 is 0 Å². The molecule has 0 radical (unpaired) electrons. The van der Waals surface area contributed by atoms with Crippen molar-refractivity contribution in [1.29, 1.82) is 0 Å². The largest absolute Gasteiger partial charge is 0.374 e. The highest BCUT2D eigenvalue weighted by Gasteiger charge is 2.04. The van der Waals surface area contributed by atoms with Gasteiger partial charge in [-0.15, -0.1) is 0 Å². The molecule has 2 aromatic rings. The van der Waals surface area contributed by atoms with Gasteiger partial charge in [-0.25, -0.2) is 0 Å². The monoisotopic (exact) mass is 253 g/mol. The molecule has 0 heterocycles. The Hall–Kier alpha value is -1.76. The van der Waals surface area contributed by atoms with Crippen LogP contribution in [0, 0.1) is 13.8 Å². The minimum atomic E-state index is 1.10. The third-order valence-electron chi connectivity index (χ3n) is 3.57. The van der Waals surface area contributed by atoms with Crippen LogP contribution in [0.3, 0.4) is 0 Å². The minimum absolute atomic E-state index is 1.10. The molecule has 2 rings (SSSR count). The van der Waals surface area contributed by atoms with Gasteiger partial charge in [-0.3, -0.25) is 0 Å². The van der Waals surface area contributed by atoms with Crippen molar-refractivity contribution in [2.75, 3.05) is 18.5 Å². The zero-order chi connectivity index (χ0) is 13.7. The van der Waals surface area contributed by atoms with E-state index in [0.717, 1.165) is 13.0 Å². The van der Waals surface area contributed by atoms with Crippen LogP contribution in [0.15, 0.2) is 48.5 Å². The molecule has 0 saturated carbocycles. The van der Waals surface area contributed by atoms with Crippen LogP contribution in [-0.4, -0.2) is 13.6 Å².